The molecule has 1 saturated heterocycles. The molecule has 3 heterocycles. The normalized spacial score (nSPS) is 16.5. The molecule has 1 fully saturated rings. The topological polar surface area (TPSA) is 62.3 Å². The first-order valence-corrected chi connectivity index (χ1v) is 10.2. The minimum absolute atomic E-state index is 0.195. The van der Waals surface area contributed by atoms with Crippen molar-refractivity contribution in [3.63, 3.8) is 0 Å². The SMILES string of the molecule is O=C(Nc1nccs1)C1CCCN1C(=O)c1ccc(-c2ccccc2F)s1. The van der Waals surface area contributed by atoms with Crippen LogP contribution in [0, 0.1) is 5.82 Å². The van der Waals surface area contributed by atoms with Crippen LogP contribution >= 0.6 is 22.7 Å². The van der Waals surface area contributed by atoms with Gasteiger partial charge in [-0.3, -0.25) is 9.59 Å². The maximum absolute atomic E-state index is 14.0. The van der Waals surface area contributed by atoms with Gasteiger partial charge in [0.1, 0.15) is 11.9 Å². The number of anilines is 1. The zero-order chi connectivity index (χ0) is 18.8. The molecule has 2 amide bonds. The molecule has 0 saturated carbocycles. The second-order valence-corrected chi connectivity index (χ2v) is 8.11. The molecule has 3 aromatic rings. The number of nitrogens with one attached hydrogen (secondary N) is 1. The lowest BCUT2D eigenvalue weighted by atomic mass is 10.2. The van der Waals surface area contributed by atoms with Crippen molar-refractivity contribution in [3.05, 3.63) is 58.7 Å². The molecule has 2 aromatic heterocycles. The summed E-state index contributed by atoms with van der Waals surface area (Å²) >= 11 is 2.58. The highest BCUT2D eigenvalue weighted by Gasteiger charge is 2.35. The van der Waals surface area contributed by atoms with Crippen LogP contribution in [-0.4, -0.2) is 34.3 Å². The highest BCUT2D eigenvalue weighted by atomic mass is 32.1. The number of thiophene rings is 1. The Bertz CT molecular complexity index is 971. The molecule has 138 valence electrons. The number of likely N-dealkylation sites (tertiary alicyclic amines) is 1. The molecule has 4 rings (SSSR count). The Balaban J connectivity index is 1.52. The number of aromatic nitrogens is 1. The molecule has 1 atom stereocenters. The van der Waals surface area contributed by atoms with E-state index in [1.807, 2.05) is 0 Å². The highest BCUT2D eigenvalue weighted by molar-refractivity contribution is 7.17. The van der Waals surface area contributed by atoms with Gasteiger partial charge in [-0.15, -0.1) is 22.7 Å². The molecular formula is C19H16FN3O2S2. The summed E-state index contributed by atoms with van der Waals surface area (Å²) in [5.74, 6) is -0.735. The predicted octanol–water partition coefficient (Wildman–Crippen LogP) is 4.25. The number of hydrogen-bond acceptors (Lipinski definition) is 5. The molecule has 0 spiro atoms. The Morgan fingerprint density at radius 3 is 2.85 bits per heavy atom. The summed E-state index contributed by atoms with van der Waals surface area (Å²) in [5.41, 5.74) is 0.473. The van der Waals surface area contributed by atoms with Gasteiger partial charge in [-0.2, -0.15) is 0 Å². The predicted molar refractivity (Wildman–Crippen MR) is 105 cm³/mol. The first kappa shape index (κ1) is 17.8. The Labute approximate surface area is 163 Å². The quantitative estimate of drug-likeness (QED) is 0.711. The smallest absolute Gasteiger partial charge is 0.264 e. The molecule has 5 nitrogen and oxygen atoms in total. The number of amides is 2. The lowest BCUT2D eigenvalue weighted by Crippen LogP contribution is -2.42. The number of halogens is 1. The first-order chi connectivity index (χ1) is 13.1. The number of carbonyl (C=O) groups is 2. The number of carbonyl (C=O) groups excluding carboxylic acids is 2. The van der Waals surface area contributed by atoms with Gasteiger partial charge in [-0.1, -0.05) is 18.2 Å². The fourth-order valence-corrected chi connectivity index (χ4v) is 4.68. The van der Waals surface area contributed by atoms with Crippen LogP contribution in [0.25, 0.3) is 10.4 Å². The van der Waals surface area contributed by atoms with Crippen molar-refractivity contribution >= 4 is 39.6 Å². The van der Waals surface area contributed by atoms with Crippen LogP contribution in [0.3, 0.4) is 0 Å². The van der Waals surface area contributed by atoms with E-state index >= 15 is 0 Å². The average molecular weight is 401 g/mol. The summed E-state index contributed by atoms with van der Waals surface area (Å²) in [7, 11) is 0. The highest BCUT2D eigenvalue weighted by Crippen LogP contribution is 2.32. The van der Waals surface area contributed by atoms with Gasteiger partial charge in [0.05, 0.1) is 4.88 Å². The number of rotatable bonds is 4. The van der Waals surface area contributed by atoms with Gasteiger partial charge in [0, 0.05) is 28.6 Å². The molecular weight excluding hydrogens is 385 g/mol. The van der Waals surface area contributed by atoms with Crippen LogP contribution < -0.4 is 5.32 Å². The molecule has 27 heavy (non-hydrogen) atoms. The van der Waals surface area contributed by atoms with Gasteiger partial charge in [0.15, 0.2) is 5.13 Å². The third-order valence-electron chi connectivity index (χ3n) is 4.43. The van der Waals surface area contributed by atoms with Gasteiger partial charge in [-0.05, 0) is 31.0 Å². The molecule has 1 unspecified atom stereocenters. The van der Waals surface area contributed by atoms with Crippen LogP contribution in [0.4, 0.5) is 9.52 Å². The molecule has 1 aromatic carbocycles. The standard InChI is InChI=1S/C19H16FN3O2S2/c20-13-5-2-1-4-12(13)15-7-8-16(27-15)18(25)23-10-3-6-14(23)17(24)22-19-21-9-11-26-19/h1-2,4-5,7-9,11,14H,3,6,10H2,(H,21,22,24). The van der Waals surface area contributed by atoms with Crippen molar-refractivity contribution in [1.29, 1.82) is 0 Å². The number of thiazole rings is 1. The van der Waals surface area contributed by atoms with Gasteiger partial charge < -0.3 is 10.2 Å². The van der Waals surface area contributed by atoms with Crippen molar-refractivity contribution in [2.75, 3.05) is 11.9 Å². The van der Waals surface area contributed by atoms with Gasteiger partial charge >= 0.3 is 0 Å². The first-order valence-electron chi connectivity index (χ1n) is 8.49. The Morgan fingerprint density at radius 1 is 1.22 bits per heavy atom. The van der Waals surface area contributed by atoms with Crippen LogP contribution in [0.2, 0.25) is 0 Å². The summed E-state index contributed by atoms with van der Waals surface area (Å²) in [6.07, 6.45) is 3.01. The molecule has 1 aliphatic rings. The molecule has 0 bridgehead atoms. The van der Waals surface area contributed by atoms with Crippen molar-refractivity contribution in [3.8, 4) is 10.4 Å². The van der Waals surface area contributed by atoms with E-state index < -0.39 is 6.04 Å². The van der Waals surface area contributed by atoms with Gasteiger partial charge in [0.2, 0.25) is 5.91 Å². The fraction of sp³-hybridized carbons (Fsp3) is 0.211. The van der Waals surface area contributed by atoms with Gasteiger partial charge in [-0.25, -0.2) is 9.37 Å². The van der Waals surface area contributed by atoms with Crippen molar-refractivity contribution < 1.29 is 14.0 Å². The summed E-state index contributed by atoms with van der Waals surface area (Å²) < 4.78 is 14.0. The van der Waals surface area contributed by atoms with E-state index in [1.54, 1.807) is 46.8 Å². The largest absolute Gasteiger partial charge is 0.326 e. The number of hydrogen-bond donors (Lipinski definition) is 1. The van der Waals surface area contributed by atoms with E-state index in [2.05, 4.69) is 10.3 Å². The Kier molecular flexibility index (Phi) is 5.00. The molecule has 0 radical (unpaired) electrons. The number of nitrogens with zero attached hydrogens (tertiary/aromatic N) is 2. The van der Waals surface area contributed by atoms with Gasteiger partial charge in [0.25, 0.3) is 5.91 Å². The maximum atomic E-state index is 14.0. The lowest BCUT2D eigenvalue weighted by molar-refractivity contribution is -0.119. The second kappa shape index (κ2) is 7.58. The van der Waals surface area contributed by atoms with Crippen molar-refractivity contribution in [1.82, 2.24) is 9.88 Å². The Morgan fingerprint density at radius 2 is 2.07 bits per heavy atom. The monoisotopic (exact) mass is 401 g/mol. The van der Waals surface area contributed by atoms with E-state index in [0.29, 0.717) is 33.4 Å². The molecule has 1 N–H and O–H groups in total. The minimum Gasteiger partial charge on any atom is -0.326 e. The summed E-state index contributed by atoms with van der Waals surface area (Å²) in [6, 6.07) is 9.42. The van der Waals surface area contributed by atoms with Crippen LogP contribution in [-0.2, 0) is 4.79 Å². The summed E-state index contributed by atoms with van der Waals surface area (Å²) in [4.78, 5) is 32.3. The zero-order valence-corrected chi connectivity index (χ0v) is 15.9. The lowest BCUT2D eigenvalue weighted by Gasteiger charge is -2.22. The summed E-state index contributed by atoms with van der Waals surface area (Å²) in [6.45, 7) is 0.529. The van der Waals surface area contributed by atoms with Crippen LogP contribution in [0.15, 0.2) is 48.0 Å². The van der Waals surface area contributed by atoms with E-state index in [1.165, 1.54) is 28.7 Å². The number of benzene rings is 1. The Hall–Kier alpha value is -2.58. The van der Waals surface area contributed by atoms with E-state index in [9.17, 15) is 14.0 Å². The average Bonchev–Trinajstić information content (AvgIpc) is 3.42. The molecule has 1 aliphatic heterocycles. The molecule has 8 heteroatoms. The van der Waals surface area contributed by atoms with Crippen LogP contribution in [0.1, 0.15) is 22.5 Å². The zero-order valence-electron chi connectivity index (χ0n) is 14.2. The molecule has 0 aliphatic carbocycles. The summed E-state index contributed by atoms with van der Waals surface area (Å²) in [5, 5.41) is 5.07. The van der Waals surface area contributed by atoms with E-state index in [-0.39, 0.29) is 17.6 Å². The third-order valence-corrected chi connectivity index (χ3v) is 6.23. The second-order valence-electron chi connectivity index (χ2n) is 6.13. The van der Waals surface area contributed by atoms with Crippen LogP contribution in [0.5, 0.6) is 0 Å². The maximum Gasteiger partial charge on any atom is 0.264 e. The van der Waals surface area contributed by atoms with Crippen molar-refractivity contribution in [2.45, 2.75) is 18.9 Å². The third kappa shape index (κ3) is 3.63. The fourth-order valence-electron chi connectivity index (χ4n) is 3.16. The minimum atomic E-state index is -0.514. The van der Waals surface area contributed by atoms with Crippen molar-refractivity contribution in [2.24, 2.45) is 0 Å². The van der Waals surface area contributed by atoms with E-state index in [0.717, 1.165) is 6.42 Å². The van der Waals surface area contributed by atoms with E-state index in [4.69, 9.17) is 0 Å².